The largest absolute Gasteiger partial charge is 0.377 e. The lowest BCUT2D eigenvalue weighted by molar-refractivity contribution is 0.885. The molecule has 5 aromatic rings. The summed E-state index contributed by atoms with van der Waals surface area (Å²) in [6.07, 6.45) is 8.91. The van der Waals surface area contributed by atoms with Gasteiger partial charge in [0.1, 0.15) is 12.4 Å². The summed E-state index contributed by atoms with van der Waals surface area (Å²) in [5.74, 6) is 0. The van der Waals surface area contributed by atoms with Crippen LogP contribution in [0.2, 0.25) is 0 Å². The van der Waals surface area contributed by atoms with Gasteiger partial charge in [0.15, 0.2) is 5.65 Å². The van der Waals surface area contributed by atoms with E-state index in [0.717, 1.165) is 38.9 Å². The Morgan fingerprint density at radius 1 is 1.00 bits per heavy atom. The Morgan fingerprint density at radius 3 is 2.70 bits per heavy atom. The highest BCUT2D eigenvalue weighted by Gasteiger charge is 2.14. The van der Waals surface area contributed by atoms with E-state index in [2.05, 4.69) is 51.5 Å². The minimum atomic E-state index is 0.0384. The van der Waals surface area contributed by atoms with E-state index in [1.807, 2.05) is 47.1 Å². The van der Waals surface area contributed by atoms with Crippen LogP contribution in [-0.4, -0.2) is 19.4 Å². The summed E-state index contributed by atoms with van der Waals surface area (Å²) in [7, 11) is 0. The van der Waals surface area contributed by atoms with Gasteiger partial charge in [0.2, 0.25) is 0 Å². The molecule has 0 spiro atoms. The molecule has 0 radical (unpaired) electrons. The minimum absolute atomic E-state index is 0.0384. The molecule has 0 aliphatic rings. The van der Waals surface area contributed by atoms with Crippen LogP contribution < -0.4 is 5.32 Å². The van der Waals surface area contributed by atoms with E-state index >= 15 is 0 Å². The van der Waals surface area contributed by atoms with Gasteiger partial charge in [-0.2, -0.15) is 5.26 Å². The van der Waals surface area contributed by atoms with Crippen molar-refractivity contribution < 1.29 is 0 Å². The Kier molecular flexibility index (Phi) is 4.34. The maximum absolute atomic E-state index is 9.69. The Labute approximate surface area is 173 Å². The number of hydrogen-bond donors (Lipinski definition) is 1. The van der Waals surface area contributed by atoms with Crippen molar-refractivity contribution in [2.24, 2.45) is 0 Å². The fourth-order valence-corrected chi connectivity index (χ4v) is 3.62. The molecule has 1 atom stereocenters. The number of imidazole rings is 1. The molecule has 6 heteroatoms. The molecule has 0 fully saturated rings. The monoisotopic (exact) mass is 390 g/mol. The second-order valence-corrected chi connectivity index (χ2v) is 7.17. The Bertz CT molecular complexity index is 1400. The predicted molar refractivity (Wildman–Crippen MR) is 117 cm³/mol. The van der Waals surface area contributed by atoms with Crippen molar-refractivity contribution in [1.82, 2.24) is 19.4 Å². The summed E-state index contributed by atoms with van der Waals surface area (Å²) in [5.41, 5.74) is 6.05. The SMILES string of the molecule is CC(Nc1c(C#N)cnc2ccc(-c3cnc4cncn4c3)cc12)c1ccccc1. The topological polar surface area (TPSA) is 78.9 Å². The number of aromatic nitrogens is 4. The zero-order valence-electron chi connectivity index (χ0n) is 16.3. The third kappa shape index (κ3) is 3.12. The van der Waals surface area contributed by atoms with E-state index in [0.29, 0.717) is 5.56 Å². The van der Waals surface area contributed by atoms with Gasteiger partial charge in [0.05, 0.1) is 23.0 Å². The second-order valence-electron chi connectivity index (χ2n) is 7.17. The summed E-state index contributed by atoms with van der Waals surface area (Å²) in [6.45, 7) is 2.09. The lowest BCUT2D eigenvalue weighted by atomic mass is 10.0. The van der Waals surface area contributed by atoms with E-state index in [4.69, 9.17) is 0 Å². The van der Waals surface area contributed by atoms with Crippen LogP contribution in [0.3, 0.4) is 0 Å². The number of hydrogen-bond acceptors (Lipinski definition) is 5. The third-order valence-electron chi connectivity index (χ3n) is 5.24. The van der Waals surface area contributed by atoms with Gasteiger partial charge in [-0.25, -0.2) is 9.97 Å². The summed E-state index contributed by atoms with van der Waals surface area (Å²) < 4.78 is 1.89. The summed E-state index contributed by atoms with van der Waals surface area (Å²) in [4.78, 5) is 13.1. The molecule has 0 bridgehead atoms. The van der Waals surface area contributed by atoms with E-state index in [1.165, 1.54) is 0 Å². The summed E-state index contributed by atoms with van der Waals surface area (Å²) in [6, 6.07) is 18.5. The van der Waals surface area contributed by atoms with Gasteiger partial charge in [0, 0.05) is 35.6 Å². The molecule has 2 aromatic carbocycles. The molecule has 144 valence electrons. The first-order valence-corrected chi connectivity index (χ1v) is 9.65. The Hall–Kier alpha value is -4.24. The average molecular weight is 390 g/mol. The van der Waals surface area contributed by atoms with Gasteiger partial charge in [-0.3, -0.25) is 9.38 Å². The maximum atomic E-state index is 9.69. The molecule has 30 heavy (non-hydrogen) atoms. The van der Waals surface area contributed by atoms with Crippen molar-refractivity contribution >= 4 is 22.2 Å². The van der Waals surface area contributed by atoms with E-state index < -0.39 is 0 Å². The molecular formula is C24H18N6. The highest BCUT2D eigenvalue weighted by Crippen LogP contribution is 2.32. The lowest BCUT2D eigenvalue weighted by Gasteiger charge is -2.18. The zero-order valence-corrected chi connectivity index (χ0v) is 16.3. The Morgan fingerprint density at radius 2 is 1.87 bits per heavy atom. The maximum Gasteiger partial charge on any atom is 0.156 e. The van der Waals surface area contributed by atoms with Crippen LogP contribution in [0, 0.1) is 11.3 Å². The summed E-state index contributed by atoms with van der Waals surface area (Å²) >= 11 is 0. The molecule has 5 rings (SSSR count). The van der Waals surface area contributed by atoms with Gasteiger partial charge in [-0.05, 0) is 30.2 Å². The summed E-state index contributed by atoms with van der Waals surface area (Å²) in [5, 5.41) is 14.1. The number of anilines is 1. The van der Waals surface area contributed by atoms with Crippen LogP contribution in [0.4, 0.5) is 5.69 Å². The highest BCUT2D eigenvalue weighted by atomic mass is 15.0. The van der Waals surface area contributed by atoms with Gasteiger partial charge in [-0.1, -0.05) is 36.4 Å². The molecule has 3 aromatic heterocycles. The average Bonchev–Trinajstić information content (AvgIpc) is 3.27. The van der Waals surface area contributed by atoms with Crippen LogP contribution in [0.15, 0.2) is 79.6 Å². The zero-order chi connectivity index (χ0) is 20.5. The van der Waals surface area contributed by atoms with Crippen molar-refractivity contribution in [3.8, 4) is 17.2 Å². The molecule has 1 N–H and O–H groups in total. The van der Waals surface area contributed by atoms with Gasteiger partial charge in [0.25, 0.3) is 0 Å². The molecule has 6 nitrogen and oxygen atoms in total. The quantitative estimate of drug-likeness (QED) is 0.468. The second kappa shape index (κ2) is 7.30. The first-order chi connectivity index (χ1) is 14.7. The third-order valence-corrected chi connectivity index (χ3v) is 5.24. The van der Waals surface area contributed by atoms with Gasteiger partial charge < -0.3 is 5.32 Å². The number of nitrogens with zero attached hydrogens (tertiary/aromatic N) is 5. The molecule has 0 saturated heterocycles. The number of fused-ring (bicyclic) bond motifs is 2. The smallest absolute Gasteiger partial charge is 0.156 e. The fourth-order valence-electron chi connectivity index (χ4n) is 3.62. The van der Waals surface area contributed by atoms with Crippen LogP contribution in [0.25, 0.3) is 27.7 Å². The molecular weight excluding hydrogens is 372 g/mol. The van der Waals surface area contributed by atoms with Crippen LogP contribution in [0.5, 0.6) is 0 Å². The van der Waals surface area contributed by atoms with Crippen molar-refractivity contribution in [1.29, 1.82) is 5.26 Å². The Balaban J connectivity index is 1.63. The van der Waals surface area contributed by atoms with Gasteiger partial charge in [-0.15, -0.1) is 0 Å². The minimum Gasteiger partial charge on any atom is -0.377 e. The fraction of sp³-hybridized carbons (Fsp3) is 0.0833. The molecule has 1 unspecified atom stereocenters. The standard InChI is InChI=1S/C24H18N6/c1-16(17-5-3-2-4-6-17)29-24-19(10-25)11-27-22-8-7-18(9-21(22)24)20-12-28-23-13-26-15-30(23)14-20/h2-9,11-16H,1H3,(H,27,29). The number of rotatable bonds is 4. The normalized spacial score (nSPS) is 12.0. The highest BCUT2D eigenvalue weighted by molar-refractivity contribution is 5.96. The molecule has 0 amide bonds. The van der Waals surface area contributed by atoms with Crippen LogP contribution in [-0.2, 0) is 0 Å². The molecule has 0 saturated carbocycles. The number of benzene rings is 2. The van der Waals surface area contributed by atoms with E-state index in [9.17, 15) is 5.26 Å². The van der Waals surface area contributed by atoms with Crippen molar-refractivity contribution in [2.75, 3.05) is 5.32 Å². The number of nitrogens with one attached hydrogen (secondary N) is 1. The van der Waals surface area contributed by atoms with Crippen molar-refractivity contribution in [3.63, 3.8) is 0 Å². The van der Waals surface area contributed by atoms with Crippen LogP contribution >= 0.6 is 0 Å². The molecule has 3 heterocycles. The van der Waals surface area contributed by atoms with Crippen LogP contribution in [0.1, 0.15) is 24.1 Å². The first-order valence-electron chi connectivity index (χ1n) is 9.65. The van der Waals surface area contributed by atoms with Gasteiger partial charge >= 0.3 is 0 Å². The predicted octanol–water partition coefficient (Wildman–Crippen LogP) is 4.99. The molecule has 0 aliphatic heterocycles. The van der Waals surface area contributed by atoms with Crippen molar-refractivity contribution in [2.45, 2.75) is 13.0 Å². The van der Waals surface area contributed by atoms with E-state index in [1.54, 1.807) is 18.7 Å². The number of nitriles is 1. The molecule has 0 aliphatic carbocycles. The number of pyridine rings is 1. The van der Waals surface area contributed by atoms with E-state index in [-0.39, 0.29) is 6.04 Å². The van der Waals surface area contributed by atoms with Crippen molar-refractivity contribution in [3.05, 3.63) is 90.8 Å². The first kappa shape index (κ1) is 17.8. The lowest BCUT2D eigenvalue weighted by Crippen LogP contribution is -2.08.